The third-order valence-electron chi connectivity index (χ3n) is 6.07. The van der Waals surface area contributed by atoms with Crippen molar-refractivity contribution in [2.24, 2.45) is 17.3 Å². The molecule has 0 N–H and O–H groups in total. The van der Waals surface area contributed by atoms with E-state index in [-0.39, 0.29) is 17.3 Å². The zero-order valence-corrected chi connectivity index (χ0v) is 15.6. The lowest BCUT2D eigenvalue weighted by Gasteiger charge is -2.05. The largest absolute Gasteiger partial charge is 0.294 e. The molecule has 1 fully saturated rings. The average molecular weight is 378 g/mol. The first-order valence-corrected chi connectivity index (χ1v) is 9.67. The van der Waals surface area contributed by atoms with Crippen molar-refractivity contribution in [2.75, 3.05) is 0 Å². The van der Waals surface area contributed by atoms with Crippen LogP contribution >= 0.6 is 0 Å². The van der Waals surface area contributed by atoms with E-state index in [9.17, 15) is 14.4 Å². The van der Waals surface area contributed by atoms with Crippen LogP contribution in [0.15, 0.2) is 91.0 Å². The van der Waals surface area contributed by atoms with E-state index < -0.39 is 17.3 Å². The van der Waals surface area contributed by atoms with E-state index in [0.29, 0.717) is 16.7 Å². The SMILES string of the molecule is O=C(c1ccccc1)[C@H]1[C@H](C=Cc2ccccc2)C12C(=O)c1ccccc1C2=O. The van der Waals surface area contributed by atoms with Gasteiger partial charge in [0, 0.05) is 22.6 Å². The van der Waals surface area contributed by atoms with Gasteiger partial charge in [0.2, 0.25) is 0 Å². The number of allylic oxidation sites excluding steroid dienone is 1. The van der Waals surface area contributed by atoms with E-state index in [1.54, 1.807) is 48.5 Å². The Morgan fingerprint density at radius 3 is 1.83 bits per heavy atom. The zero-order chi connectivity index (χ0) is 20.0. The summed E-state index contributed by atoms with van der Waals surface area (Å²) in [5, 5.41) is 0. The maximum absolute atomic E-state index is 13.4. The van der Waals surface area contributed by atoms with Crippen LogP contribution in [0, 0.1) is 17.3 Å². The summed E-state index contributed by atoms with van der Waals surface area (Å²) in [7, 11) is 0. The molecule has 1 spiro atoms. The minimum absolute atomic E-state index is 0.150. The molecule has 3 heteroatoms. The Bertz CT molecular complexity index is 1120. The van der Waals surface area contributed by atoms with Gasteiger partial charge in [-0.3, -0.25) is 14.4 Å². The molecular formula is C26H18O3. The number of Topliss-reactive ketones (excluding diaryl/α,β-unsaturated/α-hetero) is 3. The van der Waals surface area contributed by atoms with Gasteiger partial charge in [0.1, 0.15) is 5.41 Å². The maximum Gasteiger partial charge on any atom is 0.178 e. The number of carbonyl (C=O) groups is 3. The third-order valence-corrected chi connectivity index (χ3v) is 6.07. The smallest absolute Gasteiger partial charge is 0.178 e. The van der Waals surface area contributed by atoms with Crippen molar-refractivity contribution in [1.29, 1.82) is 0 Å². The van der Waals surface area contributed by atoms with Crippen LogP contribution in [0.25, 0.3) is 6.08 Å². The quantitative estimate of drug-likeness (QED) is 0.480. The topological polar surface area (TPSA) is 51.2 Å². The summed E-state index contributed by atoms with van der Waals surface area (Å²) < 4.78 is 0. The molecule has 0 saturated heterocycles. The summed E-state index contributed by atoms with van der Waals surface area (Å²) in [6.07, 6.45) is 3.76. The van der Waals surface area contributed by atoms with Crippen LogP contribution in [-0.4, -0.2) is 17.3 Å². The summed E-state index contributed by atoms with van der Waals surface area (Å²) >= 11 is 0. The van der Waals surface area contributed by atoms with E-state index in [2.05, 4.69) is 0 Å². The van der Waals surface area contributed by atoms with Gasteiger partial charge < -0.3 is 0 Å². The van der Waals surface area contributed by atoms with Crippen molar-refractivity contribution in [3.05, 3.63) is 113 Å². The summed E-state index contributed by atoms with van der Waals surface area (Å²) in [5.74, 6) is -1.71. The molecule has 0 amide bonds. The molecule has 0 heterocycles. The van der Waals surface area contributed by atoms with Gasteiger partial charge in [0.15, 0.2) is 17.3 Å². The van der Waals surface area contributed by atoms with E-state index in [1.807, 2.05) is 48.6 Å². The Morgan fingerprint density at radius 2 is 1.24 bits per heavy atom. The maximum atomic E-state index is 13.4. The Kier molecular flexibility index (Phi) is 3.92. The molecule has 0 aromatic heterocycles. The second kappa shape index (κ2) is 6.49. The van der Waals surface area contributed by atoms with E-state index in [4.69, 9.17) is 0 Å². The first-order chi connectivity index (χ1) is 14.2. The Labute approximate surface area is 168 Å². The van der Waals surface area contributed by atoms with Gasteiger partial charge >= 0.3 is 0 Å². The summed E-state index contributed by atoms with van der Waals surface area (Å²) in [4.78, 5) is 40.0. The molecular weight excluding hydrogens is 360 g/mol. The standard InChI is InChI=1S/C26H18O3/c27-23(18-11-5-2-6-12-18)22-21(16-15-17-9-3-1-4-10-17)26(22)24(28)19-13-7-8-14-20(19)25(26)29/h1-16,21-22H/t21-,22+/m0/s1. The minimum Gasteiger partial charge on any atom is -0.294 e. The summed E-state index contributed by atoms with van der Waals surface area (Å²) in [6, 6.07) is 25.5. The summed E-state index contributed by atoms with van der Waals surface area (Å²) in [5.41, 5.74) is 1.06. The third kappa shape index (κ3) is 2.47. The zero-order valence-electron chi connectivity index (χ0n) is 15.6. The molecule has 3 aromatic rings. The van der Waals surface area contributed by atoms with Crippen LogP contribution in [0.5, 0.6) is 0 Å². The highest BCUT2D eigenvalue weighted by atomic mass is 16.2. The molecule has 140 valence electrons. The number of carbonyl (C=O) groups excluding carboxylic acids is 3. The van der Waals surface area contributed by atoms with E-state index in [1.165, 1.54) is 0 Å². The molecule has 0 aliphatic heterocycles. The molecule has 3 nitrogen and oxygen atoms in total. The molecule has 5 rings (SSSR count). The first-order valence-electron chi connectivity index (χ1n) is 9.67. The van der Waals surface area contributed by atoms with E-state index >= 15 is 0 Å². The molecule has 3 aromatic carbocycles. The number of ketones is 3. The molecule has 1 saturated carbocycles. The molecule has 2 aliphatic rings. The van der Waals surface area contributed by atoms with Crippen molar-refractivity contribution in [1.82, 2.24) is 0 Å². The lowest BCUT2D eigenvalue weighted by molar-refractivity contribution is 0.0763. The molecule has 0 unspecified atom stereocenters. The van der Waals surface area contributed by atoms with Crippen LogP contribution in [0.1, 0.15) is 36.6 Å². The number of fused-ring (bicyclic) bond motifs is 1. The van der Waals surface area contributed by atoms with Crippen LogP contribution in [0.2, 0.25) is 0 Å². The Morgan fingerprint density at radius 1 is 0.724 bits per heavy atom. The second-order valence-corrected chi connectivity index (χ2v) is 7.58. The van der Waals surface area contributed by atoms with Gasteiger partial charge in [-0.15, -0.1) is 0 Å². The lowest BCUT2D eigenvalue weighted by atomic mass is 9.92. The molecule has 0 bridgehead atoms. The molecule has 2 atom stereocenters. The fourth-order valence-corrected chi connectivity index (χ4v) is 4.62. The van der Waals surface area contributed by atoms with Crippen molar-refractivity contribution in [2.45, 2.75) is 0 Å². The summed E-state index contributed by atoms with van der Waals surface area (Å²) in [6.45, 7) is 0. The second-order valence-electron chi connectivity index (χ2n) is 7.58. The lowest BCUT2D eigenvalue weighted by Crippen LogP contribution is -2.23. The van der Waals surface area contributed by atoms with Gasteiger partial charge in [-0.05, 0) is 5.56 Å². The van der Waals surface area contributed by atoms with Gasteiger partial charge in [0.05, 0.1) is 5.92 Å². The monoisotopic (exact) mass is 378 g/mol. The fraction of sp³-hybridized carbons (Fsp3) is 0.115. The predicted molar refractivity (Wildman–Crippen MR) is 111 cm³/mol. The normalized spacial score (nSPS) is 21.5. The number of hydrogen-bond donors (Lipinski definition) is 0. The Balaban J connectivity index is 1.59. The van der Waals surface area contributed by atoms with Gasteiger partial charge in [-0.25, -0.2) is 0 Å². The first kappa shape index (κ1) is 17.5. The number of hydrogen-bond acceptors (Lipinski definition) is 3. The van der Waals surface area contributed by atoms with Crippen LogP contribution in [0.3, 0.4) is 0 Å². The average Bonchev–Trinajstić information content (AvgIpc) is 3.41. The Hall–Kier alpha value is -3.59. The van der Waals surface area contributed by atoms with Crippen LogP contribution in [0.4, 0.5) is 0 Å². The number of rotatable bonds is 4. The van der Waals surface area contributed by atoms with Gasteiger partial charge in [-0.1, -0.05) is 97.1 Å². The number of benzene rings is 3. The van der Waals surface area contributed by atoms with Crippen LogP contribution in [-0.2, 0) is 0 Å². The van der Waals surface area contributed by atoms with Gasteiger partial charge in [0.25, 0.3) is 0 Å². The van der Waals surface area contributed by atoms with E-state index in [0.717, 1.165) is 5.56 Å². The highest BCUT2D eigenvalue weighted by Crippen LogP contribution is 2.66. The minimum atomic E-state index is -1.30. The predicted octanol–water partition coefficient (Wildman–Crippen LogP) is 4.89. The molecule has 2 aliphatic carbocycles. The fourth-order valence-electron chi connectivity index (χ4n) is 4.62. The molecule has 0 radical (unpaired) electrons. The van der Waals surface area contributed by atoms with Crippen LogP contribution < -0.4 is 0 Å². The van der Waals surface area contributed by atoms with Crippen molar-refractivity contribution >= 4 is 23.4 Å². The van der Waals surface area contributed by atoms with Gasteiger partial charge in [-0.2, -0.15) is 0 Å². The van der Waals surface area contributed by atoms with Crippen molar-refractivity contribution < 1.29 is 14.4 Å². The highest BCUT2D eigenvalue weighted by molar-refractivity contribution is 6.35. The van der Waals surface area contributed by atoms with Crippen molar-refractivity contribution in [3.8, 4) is 0 Å². The molecule has 29 heavy (non-hydrogen) atoms. The highest BCUT2D eigenvalue weighted by Gasteiger charge is 2.77. The van der Waals surface area contributed by atoms with Crippen molar-refractivity contribution in [3.63, 3.8) is 0 Å².